The van der Waals surface area contributed by atoms with Crippen LogP contribution in [-0.2, 0) is 0 Å². The van der Waals surface area contributed by atoms with Gasteiger partial charge < -0.3 is 0 Å². The van der Waals surface area contributed by atoms with Gasteiger partial charge in [-0.1, -0.05) is 40.2 Å². The van der Waals surface area contributed by atoms with Crippen molar-refractivity contribution in [2.24, 2.45) is 5.92 Å². The van der Waals surface area contributed by atoms with Crippen molar-refractivity contribution in [1.29, 1.82) is 0 Å². The van der Waals surface area contributed by atoms with E-state index in [1.54, 1.807) is 0 Å². The van der Waals surface area contributed by atoms with Crippen LogP contribution in [0, 0.1) is 5.92 Å². The summed E-state index contributed by atoms with van der Waals surface area (Å²) in [4.78, 5) is 0. The molecule has 0 saturated heterocycles. The fraction of sp³-hybridized carbons (Fsp3) is 0.750. The maximum atomic E-state index is 3.63. The summed E-state index contributed by atoms with van der Waals surface area (Å²) in [6, 6.07) is 0. The maximum absolute atomic E-state index is 3.63. The molecule has 0 fully saturated rings. The van der Waals surface area contributed by atoms with Gasteiger partial charge in [0, 0.05) is 0 Å². The third-order valence-corrected chi connectivity index (χ3v) is 1.05. The highest BCUT2D eigenvalue weighted by molar-refractivity contribution is 4.72. The molecule has 0 aromatic rings. The highest BCUT2D eigenvalue weighted by Gasteiger charge is 1.84. The van der Waals surface area contributed by atoms with Gasteiger partial charge >= 0.3 is 0 Å². The van der Waals surface area contributed by atoms with E-state index in [4.69, 9.17) is 0 Å². The van der Waals surface area contributed by atoms with Crippen molar-refractivity contribution in [2.45, 2.75) is 34.1 Å². The summed E-state index contributed by atoms with van der Waals surface area (Å²) >= 11 is 0. The highest BCUT2D eigenvalue weighted by Crippen LogP contribution is 1.98. The minimum Gasteiger partial charge on any atom is -0.103 e. The molecular weight excluding hydrogens is 96.1 g/mol. The van der Waals surface area contributed by atoms with E-state index in [0.717, 1.165) is 0 Å². The molecule has 0 heteroatoms. The number of hydrogen-bond acceptors (Lipinski definition) is 0. The van der Waals surface area contributed by atoms with Gasteiger partial charge in [0.15, 0.2) is 0 Å². The second-order valence-electron chi connectivity index (χ2n) is 1.62. The zero-order chi connectivity index (χ0) is 6.99. The van der Waals surface area contributed by atoms with E-state index < -0.39 is 0 Å². The first-order chi connectivity index (χ1) is 3.81. The number of allylic oxidation sites excluding steroid dienone is 1. The standard InChI is InChI=1S/C6H12.C2H6/c1-4-6(3)5-2;1-2/h4,6H,1,5H2,2-3H3;1-2H3. The molecule has 0 bridgehead atoms. The summed E-state index contributed by atoms with van der Waals surface area (Å²) in [7, 11) is 0. The molecule has 8 heavy (non-hydrogen) atoms. The molecule has 0 heterocycles. The van der Waals surface area contributed by atoms with Crippen LogP contribution in [0.2, 0.25) is 0 Å². The minimum absolute atomic E-state index is 0.699. The van der Waals surface area contributed by atoms with Crippen LogP contribution in [0.3, 0.4) is 0 Å². The minimum atomic E-state index is 0.699. The van der Waals surface area contributed by atoms with Crippen molar-refractivity contribution in [2.75, 3.05) is 0 Å². The molecule has 0 aliphatic heterocycles. The van der Waals surface area contributed by atoms with Crippen LogP contribution < -0.4 is 0 Å². The lowest BCUT2D eigenvalue weighted by Crippen LogP contribution is -1.80. The summed E-state index contributed by atoms with van der Waals surface area (Å²) in [5.41, 5.74) is 0. The van der Waals surface area contributed by atoms with Crippen molar-refractivity contribution < 1.29 is 0 Å². The van der Waals surface area contributed by atoms with Crippen LogP contribution in [0.15, 0.2) is 12.7 Å². The van der Waals surface area contributed by atoms with Gasteiger partial charge in [-0.25, -0.2) is 0 Å². The molecule has 0 N–H and O–H groups in total. The molecular formula is C8H18. The Morgan fingerprint density at radius 1 is 1.50 bits per heavy atom. The lowest BCUT2D eigenvalue weighted by atomic mass is 10.1. The summed E-state index contributed by atoms with van der Waals surface area (Å²) in [6.45, 7) is 12.0. The average molecular weight is 114 g/mol. The normalized spacial score (nSPS) is 11.0. The van der Waals surface area contributed by atoms with Crippen LogP contribution in [-0.4, -0.2) is 0 Å². The Balaban J connectivity index is 0. The molecule has 0 aliphatic rings. The lowest BCUT2D eigenvalue weighted by Gasteiger charge is -1.93. The Morgan fingerprint density at radius 3 is 1.88 bits per heavy atom. The Morgan fingerprint density at radius 2 is 1.88 bits per heavy atom. The largest absolute Gasteiger partial charge is 0.103 e. The predicted octanol–water partition coefficient (Wildman–Crippen LogP) is 3.24. The van der Waals surface area contributed by atoms with E-state index in [0.29, 0.717) is 5.92 Å². The average Bonchev–Trinajstić information content (AvgIpc) is 1.91. The van der Waals surface area contributed by atoms with E-state index in [1.165, 1.54) is 6.42 Å². The fourth-order valence-corrected chi connectivity index (χ4v) is 0.167. The molecule has 0 amide bonds. The lowest BCUT2D eigenvalue weighted by molar-refractivity contribution is 0.700. The number of hydrogen-bond donors (Lipinski definition) is 0. The van der Waals surface area contributed by atoms with E-state index in [-0.39, 0.29) is 0 Å². The maximum Gasteiger partial charge on any atom is -0.0267 e. The zero-order valence-corrected chi connectivity index (χ0v) is 6.57. The van der Waals surface area contributed by atoms with E-state index in [9.17, 15) is 0 Å². The van der Waals surface area contributed by atoms with Crippen molar-refractivity contribution in [1.82, 2.24) is 0 Å². The van der Waals surface area contributed by atoms with Crippen molar-refractivity contribution >= 4 is 0 Å². The first kappa shape index (κ1) is 10.7. The Labute approximate surface area is 53.6 Å². The molecule has 1 unspecified atom stereocenters. The summed E-state index contributed by atoms with van der Waals surface area (Å²) in [6.07, 6.45) is 3.18. The third-order valence-electron chi connectivity index (χ3n) is 1.05. The van der Waals surface area contributed by atoms with Crippen molar-refractivity contribution in [3.05, 3.63) is 12.7 Å². The fourth-order valence-electron chi connectivity index (χ4n) is 0.167. The molecule has 0 aliphatic carbocycles. The second kappa shape index (κ2) is 9.88. The van der Waals surface area contributed by atoms with Gasteiger partial charge in [-0.2, -0.15) is 0 Å². The molecule has 0 radical (unpaired) electrons. The van der Waals surface area contributed by atoms with Crippen LogP contribution in [0.4, 0.5) is 0 Å². The zero-order valence-electron chi connectivity index (χ0n) is 6.57. The molecule has 1 atom stereocenters. The van der Waals surface area contributed by atoms with E-state index in [1.807, 2.05) is 19.9 Å². The molecule has 0 rings (SSSR count). The first-order valence-electron chi connectivity index (χ1n) is 3.43. The predicted molar refractivity (Wildman–Crippen MR) is 41.0 cm³/mol. The Hall–Kier alpha value is -0.260. The molecule has 50 valence electrons. The van der Waals surface area contributed by atoms with E-state index in [2.05, 4.69) is 20.4 Å². The van der Waals surface area contributed by atoms with Crippen LogP contribution in [0.1, 0.15) is 34.1 Å². The monoisotopic (exact) mass is 114 g/mol. The highest BCUT2D eigenvalue weighted by atomic mass is 13.9. The number of rotatable bonds is 2. The third kappa shape index (κ3) is 9.22. The summed E-state index contributed by atoms with van der Waals surface area (Å²) < 4.78 is 0. The second-order valence-corrected chi connectivity index (χ2v) is 1.62. The van der Waals surface area contributed by atoms with Gasteiger partial charge in [0.2, 0.25) is 0 Å². The van der Waals surface area contributed by atoms with Crippen LogP contribution >= 0.6 is 0 Å². The van der Waals surface area contributed by atoms with E-state index >= 15 is 0 Å². The molecule has 0 aromatic heterocycles. The van der Waals surface area contributed by atoms with Gasteiger partial charge in [0.05, 0.1) is 0 Å². The van der Waals surface area contributed by atoms with Gasteiger partial charge in [-0.05, 0) is 5.92 Å². The van der Waals surface area contributed by atoms with Crippen LogP contribution in [0.5, 0.6) is 0 Å². The molecule has 0 nitrogen and oxygen atoms in total. The topological polar surface area (TPSA) is 0 Å². The smallest absolute Gasteiger partial charge is 0.0267 e. The van der Waals surface area contributed by atoms with Gasteiger partial charge in [0.25, 0.3) is 0 Å². The quantitative estimate of drug-likeness (QED) is 0.483. The SMILES string of the molecule is C=CC(C)CC.CC. The first-order valence-corrected chi connectivity index (χ1v) is 3.43. The van der Waals surface area contributed by atoms with Crippen molar-refractivity contribution in [3.8, 4) is 0 Å². The molecule has 0 spiro atoms. The van der Waals surface area contributed by atoms with Crippen LogP contribution in [0.25, 0.3) is 0 Å². The van der Waals surface area contributed by atoms with Gasteiger partial charge in [0.1, 0.15) is 0 Å². The molecule has 0 aromatic carbocycles. The molecule has 0 saturated carbocycles. The van der Waals surface area contributed by atoms with Crippen molar-refractivity contribution in [3.63, 3.8) is 0 Å². The van der Waals surface area contributed by atoms with Gasteiger partial charge in [-0.3, -0.25) is 0 Å². The Bertz CT molecular complexity index is 37.3. The summed E-state index contributed by atoms with van der Waals surface area (Å²) in [5.74, 6) is 0.699. The Kier molecular flexibility index (Phi) is 13.2. The van der Waals surface area contributed by atoms with Gasteiger partial charge in [-0.15, -0.1) is 6.58 Å². The summed E-state index contributed by atoms with van der Waals surface area (Å²) in [5, 5.41) is 0.